The summed E-state index contributed by atoms with van der Waals surface area (Å²) in [5.41, 5.74) is 1.56. The molecule has 0 atom stereocenters. The maximum Gasteiger partial charge on any atom is 0.251 e. The number of anilines is 1. The molecule has 116 valence electrons. The van der Waals surface area contributed by atoms with Crippen LogP contribution in [0.4, 0.5) is 5.82 Å². The molecule has 1 aliphatic rings. The molecule has 1 aromatic heterocycles. The van der Waals surface area contributed by atoms with Crippen molar-refractivity contribution in [2.75, 3.05) is 32.0 Å². The number of likely N-dealkylation sites (tertiary alicyclic amines) is 1. The molecule has 1 aromatic rings. The molecule has 1 saturated heterocycles. The van der Waals surface area contributed by atoms with Gasteiger partial charge in [0.05, 0.1) is 0 Å². The maximum absolute atomic E-state index is 12.4. The summed E-state index contributed by atoms with van der Waals surface area (Å²) in [6, 6.07) is 3.98. The standard InChI is InChI=1S/C16H26N4O/c1-4-7-17-15-11-13(10-12(2)18-15)16(21)19-14-5-8-20(3)9-6-14/h10-11,14H,4-9H2,1-3H3,(H,17,18)(H,19,21). The van der Waals surface area contributed by atoms with E-state index in [9.17, 15) is 4.79 Å². The van der Waals surface area contributed by atoms with Crippen molar-refractivity contribution < 1.29 is 4.79 Å². The highest BCUT2D eigenvalue weighted by molar-refractivity contribution is 5.95. The van der Waals surface area contributed by atoms with E-state index in [1.54, 1.807) is 0 Å². The molecule has 5 nitrogen and oxygen atoms in total. The second kappa shape index (κ2) is 7.41. The van der Waals surface area contributed by atoms with E-state index in [0.29, 0.717) is 5.56 Å². The predicted octanol–water partition coefficient (Wildman–Crippen LogP) is 2.04. The number of aromatic nitrogens is 1. The minimum atomic E-state index is 0.00889. The summed E-state index contributed by atoms with van der Waals surface area (Å²) in [5.74, 6) is 0.792. The van der Waals surface area contributed by atoms with Crippen LogP contribution < -0.4 is 10.6 Å². The fourth-order valence-electron chi connectivity index (χ4n) is 2.56. The van der Waals surface area contributed by atoms with Gasteiger partial charge in [0.1, 0.15) is 5.82 Å². The van der Waals surface area contributed by atoms with Crippen molar-refractivity contribution in [1.29, 1.82) is 0 Å². The lowest BCUT2D eigenvalue weighted by atomic mass is 10.0. The van der Waals surface area contributed by atoms with E-state index < -0.39 is 0 Å². The third-order valence-corrected chi connectivity index (χ3v) is 3.83. The Hall–Kier alpha value is -1.62. The van der Waals surface area contributed by atoms with Gasteiger partial charge in [0.2, 0.25) is 0 Å². The number of pyridine rings is 1. The Morgan fingerprint density at radius 1 is 1.38 bits per heavy atom. The summed E-state index contributed by atoms with van der Waals surface area (Å²) in [7, 11) is 2.12. The third kappa shape index (κ3) is 4.70. The number of piperidine rings is 1. The molecule has 2 heterocycles. The molecular weight excluding hydrogens is 264 g/mol. The smallest absolute Gasteiger partial charge is 0.251 e. The van der Waals surface area contributed by atoms with E-state index in [-0.39, 0.29) is 11.9 Å². The van der Waals surface area contributed by atoms with E-state index in [0.717, 1.165) is 50.4 Å². The van der Waals surface area contributed by atoms with Crippen LogP contribution in [0.2, 0.25) is 0 Å². The van der Waals surface area contributed by atoms with Crippen LogP contribution in [0.25, 0.3) is 0 Å². The van der Waals surface area contributed by atoms with E-state index in [2.05, 4.69) is 34.5 Å². The Labute approximate surface area is 127 Å². The number of nitrogens with one attached hydrogen (secondary N) is 2. The summed E-state index contributed by atoms with van der Waals surface area (Å²) in [6.07, 6.45) is 3.08. The molecule has 1 fully saturated rings. The first-order chi connectivity index (χ1) is 10.1. The van der Waals surface area contributed by atoms with Crippen molar-refractivity contribution in [3.05, 3.63) is 23.4 Å². The van der Waals surface area contributed by atoms with Gasteiger partial charge in [0, 0.05) is 23.8 Å². The number of carbonyl (C=O) groups is 1. The second-order valence-corrected chi connectivity index (χ2v) is 5.86. The average molecular weight is 290 g/mol. The summed E-state index contributed by atoms with van der Waals surface area (Å²) in [5, 5.41) is 6.39. The van der Waals surface area contributed by atoms with E-state index in [1.807, 2.05) is 19.1 Å². The fraction of sp³-hybridized carbons (Fsp3) is 0.625. The molecule has 0 bridgehead atoms. The molecule has 5 heteroatoms. The zero-order valence-electron chi connectivity index (χ0n) is 13.3. The van der Waals surface area contributed by atoms with Gasteiger partial charge in [-0.25, -0.2) is 4.98 Å². The SMILES string of the molecule is CCCNc1cc(C(=O)NC2CCN(C)CC2)cc(C)n1. The molecule has 2 rings (SSSR count). The summed E-state index contributed by atoms with van der Waals surface area (Å²) >= 11 is 0. The van der Waals surface area contributed by atoms with Gasteiger partial charge in [-0.3, -0.25) is 4.79 Å². The quantitative estimate of drug-likeness (QED) is 0.871. The van der Waals surface area contributed by atoms with Gasteiger partial charge < -0.3 is 15.5 Å². The van der Waals surface area contributed by atoms with Crippen LogP contribution in [0.1, 0.15) is 42.2 Å². The molecule has 0 saturated carbocycles. The largest absolute Gasteiger partial charge is 0.370 e. The number of carbonyl (C=O) groups excluding carboxylic acids is 1. The molecule has 0 radical (unpaired) electrons. The molecule has 0 spiro atoms. The van der Waals surface area contributed by atoms with Crippen LogP contribution in [-0.2, 0) is 0 Å². The Morgan fingerprint density at radius 3 is 2.76 bits per heavy atom. The third-order valence-electron chi connectivity index (χ3n) is 3.83. The lowest BCUT2D eigenvalue weighted by molar-refractivity contribution is 0.0916. The van der Waals surface area contributed by atoms with Gasteiger partial charge in [-0.2, -0.15) is 0 Å². The van der Waals surface area contributed by atoms with Gasteiger partial charge >= 0.3 is 0 Å². The maximum atomic E-state index is 12.4. The molecule has 2 N–H and O–H groups in total. The van der Waals surface area contributed by atoms with Crippen molar-refractivity contribution in [3.63, 3.8) is 0 Å². The van der Waals surface area contributed by atoms with E-state index >= 15 is 0 Å². The lowest BCUT2D eigenvalue weighted by Crippen LogP contribution is -2.43. The van der Waals surface area contributed by atoms with Gasteiger partial charge in [0.15, 0.2) is 0 Å². The number of aryl methyl sites for hydroxylation is 1. The van der Waals surface area contributed by atoms with Crippen molar-refractivity contribution in [1.82, 2.24) is 15.2 Å². The van der Waals surface area contributed by atoms with E-state index in [4.69, 9.17) is 0 Å². The van der Waals surface area contributed by atoms with Gasteiger partial charge in [-0.05, 0) is 58.5 Å². The van der Waals surface area contributed by atoms with Gasteiger partial charge in [-0.1, -0.05) is 6.92 Å². The summed E-state index contributed by atoms with van der Waals surface area (Å²) < 4.78 is 0. The topological polar surface area (TPSA) is 57.3 Å². The van der Waals surface area contributed by atoms with Crippen LogP contribution in [0.5, 0.6) is 0 Å². The van der Waals surface area contributed by atoms with Crippen molar-refractivity contribution in [3.8, 4) is 0 Å². The highest BCUT2D eigenvalue weighted by Crippen LogP contribution is 2.13. The first-order valence-corrected chi connectivity index (χ1v) is 7.80. The highest BCUT2D eigenvalue weighted by atomic mass is 16.1. The molecule has 0 aliphatic carbocycles. The normalized spacial score (nSPS) is 16.7. The van der Waals surface area contributed by atoms with Gasteiger partial charge in [-0.15, -0.1) is 0 Å². The Morgan fingerprint density at radius 2 is 2.10 bits per heavy atom. The molecule has 0 aromatic carbocycles. The number of nitrogens with zero attached hydrogens (tertiary/aromatic N) is 2. The van der Waals surface area contributed by atoms with Crippen molar-refractivity contribution >= 4 is 11.7 Å². The van der Waals surface area contributed by atoms with Crippen LogP contribution in [0.15, 0.2) is 12.1 Å². The zero-order valence-corrected chi connectivity index (χ0v) is 13.3. The first-order valence-electron chi connectivity index (χ1n) is 7.80. The minimum Gasteiger partial charge on any atom is -0.370 e. The average Bonchev–Trinajstić information content (AvgIpc) is 2.47. The number of hydrogen-bond donors (Lipinski definition) is 2. The van der Waals surface area contributed by atoms with Crippen LogP contribution in [0, 0.1) is 6.92 Å². The summed E-state index contributed by atoms with van der Waals surface area (Å²) in [4.78, 5) is 19.1. The Balaban J connectivity index is 1.99. The van der Waals surface area contributed by atoms with Crippen LogP contribution in [-0.4, -0.2) is 48.5 Å². The number of hydrogen-bond acceptors (Lipinski definition) is 4. The van der Waals surface area contributed by atoms with Gasteiger partial charge in [0.25, 0.3) is 5.91 Å². The van der Waals surface area contributed by atoms with Crippen molar-refractivity contribution in [2.45, 2.75) is 39.2 Å². The first kappa shape index (κ1) is 15.8. The Kier molecular flexibility index (Phi) is 5.56. The molecular formula is C16H26N4O. The lowest BCUT2D eigenvalue weighted by Gasteiger charge is -2.29. The number of rotatable bonds is 5. The van der Waals surface area contributed by atoms with E-state index in [1.165, 1.54) is 0 Å². The molecule has 21 heavy (non-hydrogen) atoms. The number of amides is 1. The second-order valence-electron chi connectivity index (χ2n) is 5.86. The highest BCUT2D eigenvalue weighted by Gasteiger charge is 2.19. The molecule has 0 unspecified atom stereocenters. The van der Waals surface area contributed by atoms with Crippen LogP contribution >= 0.6 is 0 Å². The Bertz CT molecular complexity index is 481. The monoisotopic (exact) mass is 290 g/mol. The predicted molar refractivity (Wildman–Crippen MR) is 85.7 cm³/mol. The molecule has 1 aliphatic heterocycles. The zero-order chi connectivity index (χ0) is 15.2. The minimum absolute atomic E-state index is 0.00889. The fourth-order valence-corrected chi connectivity index (χ4v) is 2.56. The molecule has 1 amide bonds. The van der Waals surface area contributed by atoms with Crippen molar-refractivity contribution in [2.24, 2.45) is 0 Å². The summed E-state index contributed by atoms with van der Waals surface area (Å²) in [6.45, 7) is 6.99. The van der Waals surface area contributed by atoms with Crippen LogP contribution in [0.3, 0.4) is 0 Å².